The van der Waals surface area contributed by atoms with E-state index in [0.717, 1.165) is 16.7 Å². The van der Waals surface area contributed by atoms with Crippen LogP contribution in [0.1, 0.15) is 0 Å². The van der Waals surface area contributed by atoms with Crippen LogP contribution in [0.4, 0.5) is 5.69 Å². The summed E-state index contributed by atoms with van der Waals surface area (Å²) in [6.45, 7) is 0. The van der Waals surface area contributed by atoms with Crippen molar-refractivity contribution in [3.8, 4) is 0 Å². The largest absolute Gasteiger partial charge is 0.286 e. The summed E-state index contributed by atoms with van der Waals surface area (Å²) in [5, 5.41) is 10.6. The molecule has 0 spiro atoms. The molecular formula is C16H13BrClNO4S2. The molecule has 0 saturated heterocycles. The molecule has 0 atom stereocenters. The Balaban J connectivity index is 0.000000257. The second-order valence-corrected chi connectivity index (χ2v) is 7.37. The number of halogens is 2. The lowest BCUT2D eigenvalue weighted by Gasteiger charge is -1.97. The molecule has 5 nitrogen and oxygen atoms in total. The van der Waals surface area contributed by atoms with E-state index in [0.29, 0.717) is 4.90 Å². The summed E-state index contributed by atoms with van der Waals surface area (Å²) in [5.41, 5.74) is -0.00243. The summed E-state index contributed by atoms with van der Waals surface area (Å²) in [4.78, 5) is 33.3. The van der Waals surface area contributed by atoms with E-state index in [4.69, 9.17) is 11.6 Å². The number of hydrogen-bond donors (Lipinski definition) is 0. The smallest absolute Gasteiger partial charge is 0.270 e. The van der Waals surface area contributed by atoms with Gasteiger partial charge < -0.3 is 0 Å². The Morgan fingerprint density at radius 2 is 1.60 bits per heavy atom. The van der Waals surface area contributed by atoms with Crippen molar-refractivity contribution in [3.63, 3.8) is 0 Å². The van der Waals surface area contributed by atoms with Gasteiger partial charge in [-0.1, -0.05) is 63.7 Å². The van der Waals surface area contributed by atoms with E-state index < -0.39 is 4.92 Å². The zero-order chi connectivity index (χ0) is 18.7. The van der Waals surface area contributed by atoms with Gasteiger partial charge in [0.25, 0.3) is 5.69 Å². The van der Waals surface area contributed by atoms with Gasteiger partial charge in [0.1, 0.15) is 0 Å². The lowest BCUT2D eigenvalue weighted by Crippen LogP contribution is -1.92. The van der Waals surface area contributed by atoms with Gasteiger partial charge in [0.15, 0.2) is 0 Å². The van der Waals surface area contributed by atoms with E-state index in [2.05, 4.69) is 15.9 Å². The Kier molecular flexibility index (Phi) is 10.5. The second kappa shape index (κ2) is 12.1. The number of benzene rings is 2. The van der Waals surface area contributed by atoms with Crippen molar-refractivity contribution in [2.24, 2.45) is 0 Å². The monoisotopic (exact) mass is 461 g/mol. The first-order valence-electron chi connectivity index (χ1n) is 6.79. The molecule has 2 aromatic carbocycles. The molecule has 2 rings (SSSR count). The van der Waals surface area contributed by atoms with Crippen LogP contribution in [0, 0.1) is 10.1 Å². The van der Waals surface area contributed by atoms with E-state index >= 15 is 0 Å². The molecule has 25 heavy (non-hydrogen) atoms. The van der Waals surface area contributed by atoms with Gasteiger partial charge in [-0.25, -0.2) is 0 Å². The molecule has 0 aliphatic heterocycles. The van der Waals surface area contributed by atoms with Crippen molar-refractivity contribution in [1.82, 2.24) is 0 Å². The number of nitro groups is 1. The van der Waals surface area contributed by atoms with Crippen molar-refractivity contribution in [2.75, 3.05) is 11.2 Å². The number of carbonyl (C=O) groups is 2. The molecule has 0 bridgehead atoms. The van der Waals surface area contributed by atoms with Crippen LogP contribution in [0.3, 0.4) is 0 Å². The molecule has 0 N–H and O–H groups in total. The first-order chi connectivity index (χ1) is 12.0. The van der Waals surface area contributed by atoms with E-state index in [1.807, 2.05) is 30.3 Å². The van der Waals surface area contributed by atoms with Gasteiger partial charge in [-0.3, -0.25) is 19.7 Å². The molecule has 0 aliphatic rings. The first kappa shape index (κ1) is 21.7. The zero-order valence-electron chi connectivity index (χ0n) is 12.8. The van der Waals surface area contributed by atoms with Crippen LogP contribution in [0.2, 0.25) is 0 Å². The van der Waals surface area contributed by atoms with Crippen molar-refractivity contribution in [3.05, 3.63) is 64.7 Å². The molecule has 0 heterocycles. The predicted molar refractivity (Wildman–Crippen MR) is 106 cm³/mol. The fraction of sp³-hybridized carbons (Fsp3) is 0.125. The maximum Gasteiger partial charge on any atom is 0.270 e. The summed E-state index contributed by atoms with van der Waals surface area (Å²) in [7, 11) is 0. The van der Waals surface area contributed by atoms with Gasteiger partial charge >= 0.3 is 0 Å². The number of carbonyl (C=O) groups excluding carboxylic acids is 2. The number of hydrogen-bond acceptors (Lipinski definition) is 6. The third-order valence-electron chi connectivity index (χ3n) is 2.45. The predicted octanol–water partition coefficient (Wildman–Crippen LogP) is 5.15. The molecule has 9 heteroatoms. The number of thioether (sulfide) groups is 2. The van der Waals surface area contributed by atoms with Crippen molar-refractivity contribution in [1.29, 1.82) is 0 Å². The van der Waals surface area contributed by atoms with E-state index in [1.165, 1.54) is 23.9 Å². The molecule has 132 valence electrons. The Morgan fingerprint density at radius 3 is 2.16 bits per heavy atom. The van der Waals surface area contributed by atoms with Crippen LogP contribution < -0.4 is 0 Å². The van der Waals surface area contributed by atoms with Crippen molar-refractivity contribution < 1.29 is 14.5 Å². The fourth-order valence-corrected chi connectivity index (χ4v) is 3.23. The third-order valence-corrected chi connectivity index (χ3v) is 5.48. The zero-order valence-corrected chi connectivity index (χ0v) is 16.7. The fourth-order valence-electron chi connectivity index (χ4n) is 1.47. The van der Waals surface area contributed by atoms with Crippen molar-refractivity contribution in [2.45, 2.75) is 9.79 Å². The molecule has 2 aromatic rings. The SMILES string of the molecule is O=C(CBr)Sc1cccc([N+](=O)[O-])c1.O=C(CCl)Sc1ccccc1. The molecule has 0 fully saturated rings. The Labute approximate surface area is 166 Å². The molecule has 0 aromatic heterocycles. The topological polar surface area (TPSA) is 77.3 Å². The van der Waals surface area contributed by atoms with Crippen molar-refractivity contribution >= 4 is 67.0 Å². The minimum Gasteiger partial charge on any atom is -0.286 e. The highest BCUT2D eigenvalue weighted by Crippen LogP contribution is 2.23. The number of nitro benzene ring substituents is 1. The molecule has 0 unspecified atom stereocenters. The van der Waals surface area contributed by atoms with Gasteiger partial charge in [0.2, 0.25) is 10.2 Å². The number of non-ortho nitro benzene ring substituents is 1. The highest BCUT2D eigenvalue weighted by molar-refractivity contribution is 9.09. The van der Waals surface area contributed by atoms with Crippen LogP contribution in [-0.4, -0.2) is 26.4 Å². The third kappa shape index (κ3) is 9.06. The highest BCUT2D eigenvalue weighted by Gasteiger charge is 2.08. The average Bonchev–Trinajstić information content (AvgIpc) is 2.63. The van der Waals surface area contributed by atoms with E-state index in [-0.39, 0.29) is 27.1 Å². The number of nitrogens with zero attached hydrogens (tertiary/aromatic N) is 1. The van der Waals surface area contributed by atoms with Gasteiger partial charge in [0, 0.05) is 21.9 Å². The lowest BCUT2D eigenvalue weighted by molar-refractivity contribution is -0.385. The summed E-state index contributed by atoms with van der Waals surface area (Å²) in [5.74, 6) is 0.0690. The average molecular weight is 463 g/mol. The summed E-state index contributed by atoms with van der Waals surface area (Å²) >= 11 is 10.5. The highest BCUT2D eigenvalue weighted by atomic mass is 79.9. The Hall–Kier alpha value is -1.35. The number of rotatable bonds is 5. The molecule has 0 saturated carbocycles. The van der Waals surface area contributed by atoms with Gasteiger partial charge in [0.05, 0.1) is 16.1 Å². The minimum atomic E-state index is -0.483. The second-order valence-electron chi connectivity index (χ2n) is 4.28. The Bertz CT molecular complexity index is 731. The maximum absolute atomic E-state index is 11.0. The lowest BCUT2D eigenvalue weighted by atomic mass is 10.3. The Morgan fingerprint density at radius 1 is 1.00 bits per heavy atom. The molecule has 0 amide bonds. The normalized spacial score (nSPS) is 9.68. The summed E-state index contributed by atoms with van der Waals surface area (Å²) in [6.07, 6.45) is 0. The van der Waals surface area contributed by atoms with Crippen LogP contribution in [0.25, 0.3) is 0 Å². The van der Waals surface area contributed by atoms with Crippen LogP contribution >= 0.6 is 51.1 Å². The molecule has 0 radical (unpaired) electrons. The minimum absolute atomic E-state index is 0.00243. The summed E-state index contributed by atoms with van der Waals surface area (Å²) < 4.78 is 0. The van der Waals surface area contributed by atoms with Crippen LogP contribution in [0.5, 0.6) is 0 Å². The quantitative estimate of drug-likeness (QED) is 0.264. The van der Waals surface area contributed by atoms with Gasteiger partial charge in [-0.15, -0.1) is 11.6 Å². The summed E-state index contributed by atoms with van der Waals surface area (Å²) in [6, 6.07) is 15.5. The van der Waals surface area contributed by atoms with Gasteiger partial charge in [-0.2, -0.15) is 0 Å². The first-order valence-corrected chi connectivity index (χ1v) is 10.1. The molecular weight excluding hydrogens is 450 g/mol. The van der Waals surface area contributed by atoms with Crippen LogP contribution in [0.15, 0.2) is 64.4 Å². The molecule has 0 aliphatic carbocycles. The number of alkyl halides is 2. The van der Waals surface area contributed by atoms with E-state index in [9.17, 15) is 19.7 Å². The standard InChI is InChI=1S/C8H6BrNO3S.C8H7ClOS/c9-5-8(11)14-7-3-1-2-6(4-7)10(12)13;9-6-8(10)11-7-4-2-1-3-5-7/h1-4H,5H2;1-5H,6H2. The van der Waals surface area contributed by atoms with E-state index in [1.54, 1.807) is 12.1 Å². The van der Waals surface area contributed by atoms with Crippen LogP contribution in [-0.2, 0) is 9.59 Å². The maximum atomic E-state index is 11.0. The van der Waals surface area contributed by atoms with Gasteiger partial charge in [-0.05, 0) is 18.2 Å².